The minimum absolute atomic E-state index is 0.108. The molecule has 0 aromatic heterocycles. The summed E-state index contributed by atoms with van der Waals surface area (Å²) in [7, 11) is 0. The Morgan fingerprint density at radius 3 is 2.48 bits per heavy atom. The van der Waals surface area contributed by atoms with Crippen LogP contribution in [0.4, 0.5) is 5.69 Å². The largest absolute Gasteiger partial charge is 0.494 e. The van der Waals surface area contributed by atoms with E-state index in [2.05, 4.69) is 29.2 Å². The predicted molar refractivity (Wildman–Crippen MR) is 96.1 cm³/mol. The van der Waals surface area contributed by atoms with Crippen LogP contribution in [0.15, 0.2) is 48.5 Å². The third-order valence-corrected chi connectivity index (χ3v) is 4.50. The van der Waals surface area contributed by atoms with E-state index in [0.717, 1.165) is 24.4 Å². The summed E-state index contributed by atoms with van der Waals surface area (Å²) >= 11 is 0. The van der Waals surface area contributed by atoms with Gasteiger partial charge in [0, 0.05) is 24.8 Å². The van der Waals surface area contributed by atoms with Crippen LogP contribution in [0, 0.1) is 0 Å². The number of hydrogen-bond acceptors (Lipinski definition) is 3. The SMILES string of the molecule is CCOc1ccc(C(N)c2ccccc2)c(N2CCCCC2)c1. The van der Waals surface area contributed by atoms with Crippen molar-refractivity contribution in [3.05, 3.63) is 59.7 Å². The molecule has 0 radical (unpaired) electrons. The zero-order valence-corrected chi connectivity index (χ0v) is 13.9. The highest BCUT2D eigenvalue weighted by Crippen LogP contribution is 2.34. The van der Waals surface area contributed by atoms with Gasteiger partial charge < -0.3 is 15.4 Å². The van der Waals surface area contributed by atoms with E-state index in [0.29, 0.717) is 6.61 Å². The van der Waals surface area contributed by atoms with Crippen molar-refractivity contribution in [2.45, 2.75) is 32.2 Å². The fourth-order valence-corrected chi connectivity index (χ4v) is 3.29. The normalized spacial score (nSPS) is 16.2. The van der Waals surface area contributed by atoms with E-state index in [1.165, 1.54) is 30.5 Å². The first kappa shape index (κ1) is 15.9. The molecular formula is C20H26N2O. The molecule has 1 aliphatic rings. The molecule has 2 aromatic carbocycles. The van der Waals surface area contributed by atoms with Crippen molar-refractivity contribution in [3.8, 4) is 5.75 Å². The van der Waals surface area contributed by atoms with Gasteiger partial charge in [0.15, 0.2) is 0 Å². The topological polar surface area (TPSA) is 38.5 Å². The summed E-state index contributed by atoms with van der Waals surface area (Å²) in [5, 5.41) is 0. The fourth-order valence-electron chi connectivity index (χ4n) is 3.29. The number of benzene rings is 2. The molecule has 2 aromatic rings. The summed E-state index contributed by atoms with van der Waals surface area (Å²) in [6, 6.07) is 16.5. The maximum Gasteiger partial charge on any atom is 0.121 e. The minimum atomic E-state index is -0.108. The Labute approximate surface area is 139 Å². The number of hydrogen-bond donors (Lipinski definition) is 1. The average Bonchev–Trinajstić information content (AvgIpc) is 2.63. The summed E-state index contributed by atoms with van der Waals surface area (Å²) in [6.07, 6.45) is 3.82. The molecular weight excluding hydrogens is 284 g/mol. The van der Waals surface area contributed by atoms with Gasteiger partial charge in [0.25, 0.3) is 0 Å². The Balaban J connectivity index is 1.97. The molecule has 0 bridgehead atoms. The van der Waals surface area contributed by atoms with E-state index >= 15 is 0 Å². The van der Waals surface area contributed by atoms with E-state index in [1.54, 1.807) is 0 Å². The van der Waals surface area contributed by atoms with E-state index in [-0.39, 0.29) is 6.04 Å². The first-order valence-electron chi connectivity index (χ1n) is 8.62. The van der Waals surface area contributed by atoms with E-state index in [4.69, 9.17) is 10.5 Å². The third-order valence-electron chi connectivity index (χ3n) is 4.50. The second-order valence-corrected chi connectivity index (χ2v) is 6.09. The summed E-state index contributed by atoms with van der Waals surface area (Å²) < 4.78 is 5.71. The summed E-state index contributed by atoms with van der Waals surface area (Å²) in [4.78, 5) is 2.46. The zero-order chi connectivity index (χ0) is 16.1. The van der Waals surface area contributed by atoms with Gasteiger partial charge in [0.05, 0.1) is 12.6 Å². The van der Waals surface area contributed by atoms with Crippen molar-refractivity contribution < 1.29 is 4.74 Å². The van der Waals surface area contributed by atoms with Crippen LogP contribution < -0.4 is 15.4 Å². The lowest BCUT2D eigenvalue weighted by Gasteiger charge is -2.32. The van der Waals surface area contributed by atoms with Crippen molar-refractivity contribution in [2.24, 2.45) is 5.73 Å². The van der Waals surface area contributed by atoms with Crippen molar-refractivity contribution in [1.82, 2.24) is 0 Å². The predicted octanol–water partition coefficient (Wildman–Crippen LogP) is 4.12. The quantitative estimate of drug-likeness (QED) is 0.902. The number of nitrogens with two attached hydrogens (primary N) is 1. The van der Waals surface area contributed by atoms with Gasteiger partial charge >= 0.3 is 0 Å². The second kappa shape index (κ2) is 7.51. The molecule has 0 amide bonds. The Bertz CT molecular complexity index is 621. The fraction of sp³-hybridized carbons (Fsp3) is 0.400. The molecule has 1 atom stereocenters. The van der Waals surface area contributed by atoms with Crippen molar-refractivity contribution >= 4 is 5.69 Å². The average molecular weight is 310 g/mol. The van der Waals surface area contributed by atoms with Gasteiger partial charge in [0.2, 0.25) is 0 Å². The van der Waals surface area contributed by atoms with E-state index in [9.17, 15) is 0 Å². The van der Waals surface area contributed by atoms with Gasteiger partial charge in [0.1, 0.15) is 5.75 Å². The highest BCUT2D eigenvalue weighted by Gasteiger charge is 2.20. The maximum atomic E-state index is 6.58. The first-order chi connectivity index (χ1) is 11.3. The number of ether oxygens (including phenoxy) is 1. The molecule has 1 heterocycles. The monoisotopic (exact) mass is 310 g/mol. The standard InChI is InChI=1S/C20H26N2O/c1-2-23-17-11-12-18(20(21)16-9-5-3-6-10-16)19(15-17)22-13-7-4-8-14-22/h3,5-6,9-12,15,20H,2,4,7-8,13-14,21H2,1H3. The van der Waals surface area contributed by atoms with Gasteiger partial charge in [-0.1, -0.05) is 36.4 Å². The Morgan fingerprint density at radius 2 is 1.78 bits per heavy atom. The molecule has 0 aliphatic carbocycles. The maximum absolute atomic E-state index is 6.58. The highest BCUT2D eigenvalue weighted by molar-refractivity contribution is 5.60. The summed E-state index contributed by atoms with van der Waals surface area (Å²) in [5.41, 5.74) is 10.1. The molecule has 2 N–H and O–H groups in total. The lowest BCUT2D eigenvalue weighted by molar-refractivity contribution is 0.340. The van der Waals surface area contributed by atoms with Gasteiger partial charge in [-0.05, 0) is 43.4 Å². The molecule has 23 heavy (non-hydrogen) atoms. The summed E-state index contributed by atoms with van der Waals surface area (Å²) in [5.74, 6) is 0.928. The van der Waals surface area contributed by atoms with Crippen molar-refractivity contribution in [2.75, 3.05) is 24.6 Å². The minimum Gasteiger partial charge on any atom is -0.494 e. The van der Waals surface area contributed by atoms with Crippen molar-refractivity contribution in [1.29, 1.82) is 0 Å². The van der Waals surface area contributed by atoms with Gasteiger partial charge in [-0.2, -0.15) is 0 Å². The van der Waals surface area contributed by atoms with Crippen LogP contribution in [0.3, 0.4) is 0 Å². The highest BCUT2D eigenvalue weighted by atomic mass is 16.5. The van der Waals surface area contributed by atoms with Crippen LogP contribution in [0.1, 0.15) is 43.4 Å². The third kappa shape index (κ3) is 3.67. The van der Waals surface area contributed by atoms with Crippen molar-refractivity contribution in [3.63, 3.8) is 0 Å². The van der Waals surface area contributed by atoms with Gasteiger partial charge in [-0.3, -0.25) is 0 Å². The molecule has 122 valence electrons. The van der Waals surface area contributed by atoms with Gasteiger partial charge in [-0.25, -0.2) is 0 Å². The summed E-state index contributed by atoms with van der Waals surface area (Å²) in [6.45, 7) is 4.90. The lowest BCUT2D eigenvalue weighted by atomic mass is 9.96. The van der Waals surface area contributed by atoms with Crippen LogP contribution >= 0.6 is 0 Å². The van der Waals surface area contributed by atoms with Crippen LogP contribution in [-0.4, -0.2) is 19.7 Å². The van der Waals surface area contributed by atoms with Crippen LogP contribution in [0.2, 0.25) is 0 Å². The van der Waals surface area contributed by atoms with Crippen LogP contribution in [0.5, 0.6) is 5.75 Å². The molecule has 0 saturated carbocycles. The van der Waals surface area contributed by atoms with Crippen LogP contribution in [0.25, 0.3) is 0 Å². The Kier molecular flexibility index (Phi) is 5.19. The molecule has 0 spiro atoms. The van der Waals surface area contributed by atoms with E-state index < -0.39 is 0 Å². The van der Waals surface area contributed by atoms with E-state index in [1.807, 2.05) is 31.2 Å². The molecule has 1 unspecified atom stereocenters. The van der Waals surface area contributed by atoms with Crippen LogP contribution in [-0.2, 0) is 0 Å². The number of piperidine rings is 1. The molecule has 3 rings (SSSR count). The number of rotatable bonds is 5. The smallest absolute Gasteiger partial charge is 0.121 e. The Hall–Kier alpha value is -2.00. The molecule has 1 fully saturated rings. The molecule has 3 nitrogen and oxygen atoms in total. The second-order valence-electron chi connectivity index (χ2n) is 6.09. The number of anilines is 1. The lowest BCUT2D eigenvalue weighted by Crippen LogP contribution is -2.31. The first-order valence-corrected chi connectivity index (χ1v) is 8.62. The molecule has 1 saturated heterocycles. The van der Waals surface area contributed by atoms with Gasteiger partial charge in [-0.15, -0.1) is 0 Å². The Morgan fingerprint density at radius 1 is 1.04 bits per heavy atom. The number of nitrogens with zero attached hydrogens (tertiary/aromatic N) is 1. The zero-order valence-electron chi connectivity index (χ0n) is 13.9. The molecule has 1 aliphatic heterocycles. The molecule has 3 heteroatoms.